The third-order valence-corrected chi connectivity index (χ3v) is 2.87. The van der Waals surface area contributed by atoms with E-state index in [4.69, 9.17) is 0 Å². The molecule has 0 amide bonds. The molecule has 0 unspecified atom stereocenters. The van der Waals surface area contributed by atoms with Gasteiger partial charge in [-0.3, -0.25) is 4.90 Å². The lowest BCUT2D eigenvalue weighted by molar-refractivity contribution is 0.185. The Morgan fingerprint density at radius 1 is 0.950 bits per heavy atom. The lowest BCUT2D eigenvalue weighted by atomic mass is 10.2. The Kier molecular flexibility index (Phi) is 15.9. The highest BCUT2D eigenvalue weighted by Crippen LogP contribution is 2.02. The summed E-state index contributed by atoms with van der Waals surface area (Å²) in [5.41, 5.74) is 0. The Bertz CT molecular complexity index is 245. The van der Waals surface area contributed by atoms with Gasteiger partial charge in [0.1, 0.15) is 0 Å². The summed E-state index contributed by atoms with van der Waals surface area (Å²) in [6, 6.07) is 4.02. The molecule has 0 saturated carbocycles. The molecular formula is C16H36N4. The maximum Gasteiger partial charge on any atom is 0.0892 e. The molecule has 4 nitrogen and oxygen atoms in total. The summed E-state index contributed by atoms with van der Waals surface area (Å²) >= 11 is 0. The van der Waals surface area contributed by atoms with Crippen LogP contribution < -0.4 is 0 Å². The molecule has 0 radical (unpaired) electrons. The van der Waals surface area contributed by atoms with Gasteiger partial charge in [-0.25, -0.2) is 9.98 Å². The van der Waals surface area contributed by atoms with Gasteiger partial charge < -0.3 is 4.90 Å². The van der Waals surface area contributed by atoms with Crippen molar-refractivity contribution in [1.82, 2.24) is 9.80 Å². The zero-order valence-corrected chi connectivity index (χ0v) is 15.0. The number of hydrogen-bond acceptors (Lipinski definition) is 4. The third kappa shape index (κ3) is 15.4. The standard InChI is InChI=1S/C8H17N3.C8H19N/c1-4-9-8-10-6-5-7-11(2)3;1-6-9(7(2)3)8(4)5/h4-7H2,1-3H3;7-8H,6H2,1-5H3. The molecule has 20 heavy (non-hydrogen) atoms. The van der Waals surface area contributed by atoms with Crippen LogP contribution in [0, 0.1) is 0 Å². The second-order valence-corrected chi connectivity index (χ2v) is 5.63. The van der Waals surface area contributed by atoms with Gasteiger partial charge in [0.25, 0.3) is 0 Å². The zero-order valence-electron chi connectivity index (χ0n) is 15.0. The van der Waals surface area contributed by atoms with Gasteiger partial charge in [-0.2, -0.15) is 0 Å². The van der Waals surface area contributed by atoms with Gasteiger partial charge in [0, 0.05) is 18.6 Å². The second kappa shape index (κ2) is 14.7. The van der Waals surface area contributed by atoms with Crippen molar-refractivity contribution < 1.29 is 0 Å². The van der Waals surface area contributed by atoms with Crippen LogP contribution in [0.3, 0.4) is 0 Å². The first-order valence-electron chi connectivity index (χ1n) is 7.85. The van der Waals surface area contributed by atoms with Gasteiger partial charge in [-0.1, -0.05) is 6.92 Å². The van der Waals surface area contributed by atoms with Gasteiger partial charge in [0.2, 0.25) is 0 Å². The smallest absolute Gasteiger partial charge is 0.0892 e. The minimum Gasteiger partial charge on any atom is -0.309 e. The van der Waals surface area contributed by atoms with Crippen molar-refractivity contribution in [1.29, 1.82) is 0 Å². The average molecular weight is 284 g/mol. The predicted octanol–water partition coefficient (Wildman–Crippen LogP) is 3.26. The van der Waals surface area contributed by atoms with E-state index >= 15 is 0 Å². The molecule has 0 heterocycles. The first-order chi connectivity index (χ1) is 9.36. The summed E-state index contributed by atoms with van der Waals surface area (Å²) in [6.45, 7) is 17.0. The molecule has 0 saturated heterocycles. The Labute approximate surface area is 127 Å². The van der Waals surface area contributed by atoms with Crippen LogP contribution in [0.2, 0.25) is 0 Å². The van der Waals surface area contributed by atoms with Crippen LogP contribution in [0.4, 0.5) is 0 Å². The fourth-order valence-corrected chi connectivity index (χ4v) is 1.96. The molecule has 0 spiro atoms. The summed E-state index contributed by atoms with van der Waals surface area (Å²) in [7, 11) is 4.12. The molecule has 0 atom stereocenters. The largest absolute Gasteiger partial charge is 0.309 e. The van der Waals surface area contributed by atoms with E-state index < -0.39 is 0 Å². The highest BCUT2D eigenvalue weighted by atomic mass is 15.2. The van der Waals surface area contributed by atoms with Crippen molar-refractivity contribution in [2.75, 3.05) is 40.3 Å². The van der Waals surface area contributed by atoms with Crippen molar-refractivity contribution in [3.8, 4) is 0 Å². The summed E-state index contributed by atoms with van der Waals surface area (Å²) in [5, 5.41) is 0. The summed E-state index contributed by atoms with van der Waals surface area (Å²) in [5.74, 6) is 0. The van der Waals surface area contributed by atoms with Crippen molar-refractivity contribution in [3.63, 3.8) is 0 Å². The van der Waals surface area contributed by atoms with Gasteiger partial charge in [-0.05, 0) is 68.2 Å². The molecule has 0 aromatic carbocycles. The highest BCUT2D eigenvalue weighted by molar-refractivity contribution is 5.40. The van der Waals surface area contributed by atoms with Crippen LogP contribution in [0.15, 0.2) is 9.98 Å². The molecule has 0 aromatic heterocycles. The molecular weight excluding hydrogens is 248 g/mol. The van der Waals surface area contributed by atoms with Crippen LogP contribution in [0.25, 0.3) is 0 Å². The number of nitrogens with zero attached hydrogens (tertiary/aromatic N) is 4. The fraction of sp³-hybridized carbons (Fsp3) is 0.938. The second-order valence-electron chi connectivity index (χ2n) is 5.63. The molecule has 0 aliphatic rings. The Morgan fingerprint density at radius 3 is 1.80 bits per heavy atom. The third-order valence-electron chi connectivity index (χ3n) is 2.87. The molecule has 0 bridgehead atoms. The quantitative estimate of drug-likeness (QED) is 0.506. The average Bonchev–Trinajstić information content (AvgIpc) is 2.34. The van der Waals surface area contributed by atoms with E-state index in [1.165, 1.54) is 0 Å². The predicted molar refractivity (Wildman–Crippen MR) is 91.1 cm³/mol. The normalized spacial score (nSPS) is 10.6. The molecule has 0 aliphatic heterocycles. The van der Waals surface area contributed by atoms with E-state index in [1.54, 1.807) is 0 Å². The molecule has 120 valence electrons. The first-order valence-corrected chi connectivity index (χ1v) is 7.85. The van der Waals surface area contributed by atoms with Crippen LogP contribution in [-0.4, -0.2) is 68.2 Å². The van der Waals surface area contributed by atoms with Gasteiger partial charge >= 0.3 is 0 Å². The zero-order chi connectivity index (χ0) is 16.0. The molecule has 0 N–H and O–H groups in total. The molecule has 0 aromatic rings. The van der Waals surface area contributed by atoms with Crippen molar-refractivity contribution in [3.05, 3.63) is 0 Å². The Morgan fingerprint density at radius 2 is 1.50 bits per heavy atom. The van der Waals surface area contributed by atoms with Crippen LogP contribution >= 0.6 is 0 Å². The molecule has 0 rings (SSSR count). The van der Waals surface area contributed by atoms with Crippen LogP contribution in [0.5, 0.6) is 0 Å². The van der Waals surface area contributed by atoms with E-state index in [0.717, 1.165) is 32.6 Å². The summed E-state index contributed by atoms with van der Waals surface area (Å²) < 4.78 is 0. The summed E-state index contributed by atoms with van der Waals surface area (Å²) in [6.07, 6.45) is 1.08. The van der Waals surface area contributed by atoms with E-state index in [9.17, 15) is 0 Å². The monoisotopic (exact) mass is 284 g/mol. The number of aliphatic imine (C=N–C) groups is 2. The van der Waals surface area contributed by atoms with Crippen molar-refractivity contribution in [2.24, 2.45) is 9.98 Å². The minimum absolute atomic E-state index is 0.690. The van der Waals surface area contributed by atoms with E-state index in [0.29, 0.717) is 12.1 Å². The molecule has 0 fully saturated rings. The van der Waals surface area contributed by atoms with Crippen LogP contribution in [-0.2, 0) is 0 Å². The number of rotatable bonds is 8. The topological polar surface area (TPSA) is 31.2 Å². The van der Waals surface area contributed by atoms with Gasteiger partial charge in [0.05, 0.1) is 12.6 Å². The van der Waals surface area contributed by atoms with Crippen LogP contribution in [0.1, 0.15) is 48.0 Å². The van der Waals surface area contributed by atoms with Gasteiger partial charge in [0.15, 0.2) is 0 Å². The SMILES string of the molecule is CCN(C(C)C)C(C)C.CCN=C=NCCCN(C)C. The van der Waals surface area contributed by atoms with E-state index in [-0.39, 0.29) is 0 Å². The van der Waals surface area contributed by atoms with Crippen molar-refractivity contribution in [2.45, 2.75) is 60.0 Å². The minimum atomic E-state index is 0.690. The van der Waals surface area contributed by atoms with E-state index in [1.807, 2.05) is 6.92 Å². The lowest BCUT2D eigenvalue weighted by Gasteiger charge is -2.28. The van der Waals surface area contributed by atoms with Crippen molar-refractivity contribution >= 4 is 6.01 Å². The Hall–Kier alpha value is -0.700. The lowest BCUT2D eigenvalue weighted by Crippen LogP contribution is -2.36. The molecule has 4 heteroatoms. The van der Waals surface area contributed by atoms with Gasteiger partial charge in [-0.15, -0.1) is 0 Å². The fourth-order valence-electron chi connectivity index (χ4n) is 1.96. The summed E-state index contributed by atoms with van der Waals surface area (Å²) in [4.78, 5) is 12.5. The maximum absolute atomic E-state index is 3.99. The number of hydrogen-bond donors (Lipinski definition) is 0. The highest BCUT2D eigenvalue weighted by Gasteiger charge is 2.08. The maximum atomic E-state index is 3.99. The first kappa shape index (κ1) is 21.6. The van der Waals surface area contributed by atoms with E-state index in [2.05, 4.69) is 74.5 Å². The molecule has 0 aliphatic carbocycles. The Balaban J connectivity index is 0.